The summed E-state index contributed by atoms with van der Waals surface area (Å²) in [6.45, 7) is 0. The van der Waals surface area contributed by atoms with Crippen molar-refractivity contribution in [2.75, 3.05) is 7.11 Å². The van der Waals surface area contributed by atoms with Crippen LogP contribution >= 0.6 is 22.6 Å². The van der Waals surface area contributed by atoms with Gasteiger partial charge >= 0.3 is 5.97 Å². The normalized spacial score (nSPS) is 10.4. The van der Waals surface area contributed by atoms with E-state index < -0.39 is 0 Å². The Balaban J connectivity index is 2.75. The Morgan fingerprint density at radius 1 is 1.57 bits per heavy atom. The molecule has 1 aromatic carbocycles. The smallest absolute Gasteiger partial charge is 0.338 e. The van der Waals surface area contributed by atoms with E-state index in [2.05, 4.69) is 37.5 Å². The third-order valence-corrected chi connectivity index (χ3v) is 2.73. The number of aromatic nitrogens is 2. The molecule has 1 N–H and O–H groups in total. The fourth-order valence-corrected chi connectivity index (χ4v) is 2.01. The predicted molar refractivity (Wildman–Crippen MR) is 60.2 cm³/mol. The molecule has 2 aromatic rings. The molecule has 0 bridgehead atoms. The molecule has 0 unspecified atom stereocenters. The van der Waals surface area contributed by atoms with E-state index in [0.717, 1.165) is 14.6 Å². The number of esters is 1. The summed E-state index contributed by atoms with van der Waals surface area (Å²) in [5.41, 5.74) is 1.39. The van der Waals surface area contributed by atoms with E-state index in [4.69, 9.17) is 0 Å². The summed E-state index contributed by atoms with van der Waals surface area (Å²) >= 11 is 2.08. The molecule has 5 heteroatoms. The molecule has 14 heavy (non-hydrogen) atoms. The van der Waals surface area contributed by atoms with E-state index in [1.165, 1.54) is 7.11 Å². The summed E-state index contributed by atoms with van der Waals surface area (Å²) in [4.78, 5) is 11.4. The average molecular weight is 302 g/mol. The maximum atomic E-state index is 11.4. The Kier molecular flexibility index (Phi) is 2.40. The van der Waals surface area contributed by atoms with Crippen molar-refractivity contribution in [3.8, 4) is 0 Å². The molecular formula is C9H7IN2O2. The van der Waals surface area contributed by atoms with Crippen LogP contribution in [-0.4, -0.2) is 23.3 Å². The van der Waals surface area contributed by atoms with Crippen molar-refractivity contribution in [1.82, 2.24) is 10.2 Å². The Bertz CT molecular complexity index is 493. The maximum Gasteiger partial charge on any atom is 0.338 e. The van der Waals surface area contributed by atoms with Crippen LogP contribution in [0.4, 0.5) is 0 Å². The lowest BCUT2D eigenvalue weighted by molar-refractivity contribution is 0.0603. The van der Waals surface area contributed by atoms with Crippen molar-refractivity contribution in [3.05, 3.63) is 27.5 Å². The molecular weight excluding hydrogens is 295 g/mol. The third kappa shape index (κ3) is 1.37. The van der Waals surface area contributed by atoms with Crippen LogP contribution < -0.4 is 0 Å². The van der Waals surface area contributed by atoms with E-state index in [1.807, 2.05) is 6.07 Å². The zero-order valence-corrected chi connectivity index (χ0v) is 9.53. The van der Waals surface area contributed by atoms with Gasteiger partial charge in [0.2, 0.25) is 0 Å². The van der Waals surface area contributed by atoms with E-state index >= 15 is 0 Å². The Morgan fingerprint density at radius 2 is 2.36 bits per heavy atom. The lowest BCUT2D eigenvalue weighted by Crippen LogP contribution is -2.01. The summed E-state index contributed by atoms with van der Waals surface area (Å²) < 4.78 is 5.46. The number of carbonyl (C=O) groups is 1. The molecule has 2 rings (SSSR count). The second-order valence-electron chi connectivity index (χ2n) is 2.73. The number of aromatic amines is 1. The zero-order chi connectivity index (χ0) is 10.1. The highest BCUT2D eigenvalue weighted by Gasteiger charge is 2.13. The number of nitrogens with one attached hydrogen (secondary N) is 1. The largest absolute Gasteiger partial charge is 0.465 e. The molecule has 0 saturated carbocycles. The molecule has 1 heterocycles. The van der Waals surface area contributed by atoms with E-state index in [9.17, 15) is 4.79 Å². The first-order valence-corrected chi connectivity index (χ1v) is 5.03. The van der Waals surface area contributed by atoms with Crippen LogP contribution in [0.1, 0.15) is 10.4 Å². The maximum absolute atomic E-state index is 11.4. The van der Waals surface area contributed by atoms with Gasteiger partial charge in [-0.1, -0.05) is 6.07 Å². The third-order valence-electron chi connectivity index (χ3n) is 1.95. The number of carbonyl (C=O) groups excluding carboxylic acids is 1. The Labute approximate surface area is 93.8 Å². The minimum absolute atomic E-state index is 0.338. The molecule has 0 aliphatic rings. The number of hydrogen-bond acceptors (Lipinski definition) is 3. The van der Waals surface area contributed by atoms with Gasteiger partial charge in [-0.3, -0.25) is 5.10 Å². The van der Waals surface area contributed by atoms with Crippen molar-refractivity contribution in [3.63, 3.8) is 0 Å². The zero-order valence-electron chi connectivity index (χ0n) is 7.37. The molecule has 0 aliphatic heterocycles. The fraction of sp³-hybridized carbons (Fsp3) is 0.111. The SMILES string of the molecule is COC(=O)c1cccc2[nH]nc(I)c12. The van der Waals surface area contributed by atoms with E-state index in [-0.39, 0.29) is 5.97 Å². The van der Waals surface area contributed by atoms with Crippen molar-refractivity contribution in [1.29, 1.82) is 0 Å². The van der Waals surface area contributed by atoms with E-state index in [1.54, 1.807) is 12.1 Å². The predicted octanol–water partition coefficient (Wildman–Crippen LogP) is 1.95. The van der Waals surface area contributed by atoms with Gasteiger partial charge in [0, 0.05) is 5.39 Å². The summed E-state index contributed by atoms with van der Waals surface area (Å²) in [7, 11) is 1.37. The first-order chi connectivity index (χ1) is 6.74. The van der Waals surface area contributed by atoms with Gasteiger partial charge < -0.3 is 4.74 Å². The summed E-state index contributed by atoms with van der Waals surface area (Å²) in [6.07, 6.45) is 0. The minimum atomic E-state index is -0.338. The number of ether oxygens (including phenoxy) is 1. The first kappa shape index (κ1) is 9.45. The molecule has 1 aromatic heterocycles. The molecule has 0 amide bonds. The van der Waals surface area contributed by atoms with Crippen molar-refractivity contribution in [2.45, 2.75) is 0 Å². The number of H-pyrrole nitrogens is 1. The summed E-state index contributed by atoms with van der Waals surface area (Å²) in [5.74, 6) is -0.338. The van der Waals surface area contributed by atoms with Crippen LogP contribution in [-0.2, 0) is 4.74 Å². The minimum Gasteiger partial charge on any atom is -0.465 e. The highest BCUT2D eigenvalue weighted by atomic mass is 127. The molecule has 0 spiro atoms. The lowest BCUT2D eigenvalue weighted by Gasteiger charge is -1.99. The topological polar surface area (TPSA) is 55.0 Å². The van der Waals surface area contributed by atoms with E-state index in [0.29, 0.717) is 5.56 Å². The molecule has 0 fully saturated rings. The van der Waals surface area contributed by atoms with Gasteiger partial charge in [-0.2, -0.15) is 5.10 Å². The van der Waals surface area contributed by atoms with Crippen LogP contribution in [0.15, 0.2) is 18.2 Å². The number of rotatable bonds is 1. The first-order valence-electron chi connectivity index (χ1n) is 3.95. The van der Waals surface area contributed by atoms with Gasteiger partial charge in [-0.15, -0.1) is 0 Å². The van der Waals surface area contributed by atoms with Gasteiger partial charge in [-0.05, 0) is 34.7 Å². The number of methoxy groups -OCH3 is 1. The molecule has 72 valence electrons. The van der Waals surface area contributed by atoms with Crippen molar-refractivity contribution >= 4 is 39.5 Å². The summed E-state index contributed by atoms with van der Waals surface area (Å²) in [6, 6.07) is 5.39. The summed E-state index contributed by atoms with van der Waals surface area (Å²) in [5, 5.41) is 7.69. The molecule has 0 aliphatic carbocycles. The van der Waals surface area contributed by atoms with Crippen LogP contribution in [0.5, 0.6) is 0 Å². The average Bonchev–Trinajstić information content (AvgIpc) is 2.59. The number of nitrogens with zero attached hydrogens (tertiary/aromatic N) is 1. The van der Waals surface area contributed by atoms with Crippen LogP contribution in [0.25, 0.3) is 10.9 Å². The molecule has 0 atom stereocenters. The molecule has 0 radical (unpaired) electrons. The number of hydrogen-bond donors (Lipinski definition) is 1. The number of fused-ring (bicyclic) bond motifs is 1. The van der Waals surface area contributed by atoms with Crippen LogP contribution in [0.2, 0.25) is 0 Å². The molecule has 0 saturated heterocycles. The lowest BCUT2D eigenvalue weighted by atomic mass is 10.1. The van der Waals surface area contributed by atoms with Gasteiger partial charge in [0.25, 0.3) is 0 Å². The number of benzene rings is 1. The second kappa shape index (κ2) is 3.56. The monoisotopic (exact) mass is 302 g/mol. The highest BCUT2D eigenvalue weighted by molar-refractivity contribution is 14.1. The van der Waals surface area contributed by atoms with Gasteiger partial charge in [-0.25, -0.2) is 4.79 Å². The quantitative estimate of drug-likeness (QED) is 0.647. The van der Waals surface area contributed by atoms with Crippen molar-refractivity contribution < 1.29 is 9.53 Å². The Morgan fingerprint density at radius 3 is 3.07 bits per heavy atom. The van der Waals surface area contributed by atoms with Gasteiger partial charge in [0.15, 0.2) is 0 Å². The van der Waals surface area contributed by atoms with Gasteiger partial charge in [0.05, 0.1) is 18.2 Å². The van der Waals surface area contributed by atoms with Crippen LogP contribution in [0, 0.1) is 3.70 Å². The Hall–Kier alpha value is -1.11. The van der Waals surface area contributed by atoms with Crippen LogP contribution in [0.3, 0.4) is 0 Å². The molecule has 4 nitrogen and oxygen atoms in total. The number of halogens is 1. The standard InChI is InChI=1S/C9H7IN2O2/c1-14-9(13)5-3-2-4-6-7(5)8(10)12-11-6/h2-4H,1H3,(H,11,12). The van der Waals surface area contributed by atoms with Crippen molar-refractivity contribution in [2.24, 2.45) is 0 Å². The second-order valence-corrected chi connectivity index (χ2v) is 3.76. The van der Waals surface area contributed by atoms with Gasteiger partial charge in [0.1, 0.15) is 3.70 Å². The fourth-order valence-electron chi connectivity index (χ4n) is 1.31. The highest BCUT2D eigenvalue weighted by Crippen LogP contribution is 2.22.